The van der Waals surface area contributed by atoms with Crippen LogP contribution in [0, 0.1) is 0 Å². The van der Waals surface area contributed by atoms with Crippen molar-refractivity contribution in [1.82, 2.24) is 15.5 Å². The highest BCUT2D eigenvalue weighted by Gasteiger charge is 2.10. The third-order valence-electron chi connectivity index (χ3n) is 2.71. The summed E-state index contributed by atoms with van der Waals surface area (Å²) >= 11 is 2.92. The van der Waals surface area contributed by atoms with Gasteiger partial charge < -0.3 is 10.6 Å². The van der Waals surface area contributed by atoms with E-state index in [1.165, 1.54) is 42.4 Å². The first-order valence-corrected chi connectivity index (χ1v) is 8.95. The van der Waals surface area contributed by atoms with Gasteiger partial charge in [-0.3, -0.25) is 4.79 Å². The van der Waals surface area contributed by atoms with E-state index in [0.717, 1.165) is 22.4 Å². The maximum atomic E-state index is 11.8. The Balaban J connectivity index is 2.21. The molecule has 1 amide bonds. The molecule has 5 nitrogen and oxygen atoms in total. The maximum absolute atomic E-state index is 11.8. The molecular weight excluding hydrogens is 292 g/mol. The molecule has 0 aliphatic carbocycles. The van der Waals surface area contributed by atoms with Gasteiger partial charge in [-0.15, -0.1) is 10.2 Å². The lowest BCUT2D eigenvalue weighted by Crippen LogP contribution is -2.33. The van der Waals surface area contributed by atoms with Gasteiger partial charge >= 0.3 is 0 Å². The van der Waals surface area contributed by atoms with E-state index >= 15 is 0 Å². The molecule has 0 fully saturated rings. The molecule has 0 spiro atoms. The largest absolute Gasteiger partial charge is 0.360 e. The summed E-state index contributed by atoms with van der Waals surface area (Å²) in [6.45, 7) is 7.09. The second-order valence-corrected chi connectivity index (χ2v) is 6.86. The zero-order valence-corrected chi connectivity index (χ0v) is 14.1. The molecule has 1 unspecified atom stereocenters. The Labute approximate surface area is 129 Å². The topological polar surface area (TPSA) is 66.9 Å². The summed E-state index contributed by atoms with van der Waals surface area (Å²) in [5.41, 5.74) is 0. The van der Waals surface area contributed by atoms with Gasteiger partial charge in [0.15, 0.2) is 4.34 Å². The molecule has 0 aromatic carbocycles. The number of thioether (sulfide) groups is 1. The minimum Gasteiger partial charge on any atom is -0.360 e. The number of hydrogen-bond acceptors (Lipinski definition) is 6. The zero-order valence-electron chi connectivity index (χ0n) is 12.4. The fraction of sp³-hybridized carbons (Fsp3) is 0.769. The summed E-state index contributed by atoms with van der Waals surface area (Å²) < 4.78 is 0.828. The first-order chi connectivity index (χ1) is 9.65. The lowest BCUT2D eigenvalue weighted by molar-refractivity contribution is -0.119. The third kappa shape index (κ3) is 7.09. The minimum atomic E-state index is 0.0687. The van der Waals surface area contributed by atoms with E-state index in [-0.39, 0.29) is 11.9 Å². The van der Waals surface area contributed by atoms with Crippen LogP contribution in [0.15, 0.2) is 4.34 Å². The SMILES string of the molecule is CCCCCC(C)NC(=O)CSc1nnc(NCC)s1. The highest BCUT2D eigenvalue weighted by atomic mass is 32.2. The van der Waals surface area contributed by atoms with E-state index in [0.29, 0.717) is 5.75 Å². The Morgan fingerprint density at radius 1 is 1.35 bits per heavy atom. The molecule has 0 saturated heterocycles. The first-order valence-electron chi connectivity index (χ1n) is 7.15. The van der Waals surface area contributed by atoms with E-state index < -0.39 is 0 Å². The van der Waals surface area contributed by atoms with Crippen molar-refractivity contribution in [3.63, 3.8) is 0 Å². The molecule has 1 aromatic heterocycles. The quantitative estimate of drug-likeness (QED) is 0.513. The van der Waals surface area contributed by atoms with Gasteiger partial charge in [-0.1, -0.05) is 49.3 Å². The number of rotatable bonds is 10. The van der Waals surface area contributed by atoms with Crippen LogP contribution in [0.2, 0.25) is 0 Å². The molecular formula is C13H24N4OS2. The van der Waals surface area contributed by atoms with Crippen molar-refractivity contribution in [2.45, 2.75) is 56.8 Å². The second-order valence-electron chi connectivity index (χ2n) is 4.66. The molecule has 0 aliphatic heterocycles. The molecule has 7 heteroatoms. The Bertz CT molecular complexity index is 397. The molecule has 0 radical (unpaired) electrons. The summed E-state index contributed by atoms with van der Waals surface area (Å²) in [4.78, 5) is 11.8. The molecule has 0 aliphatic rings. The number of unbranched alkanes of at least 4 members (excludes halogenated alkanes) is 2. The predicted molar refractivity (Wildman–Crippen MR) is 86.5 cm³/mol. The van der Waals surface area contributed by atoms with Crippen LogP contribution in [0.4, 0.5) is 5.13 Å². The van der Waals surface area contributed by atoms with Crippen LogP contribution in [0.3, 0.4) is 0 Å². The van der Waals surface area contributed by atoms with Gasteiger partial charge in [0.25, 0.3) is 0 Å². The smallest absolute Gasteiger partial charge is 0.230 e. The minimum absolute atomic E-state index is 0.0687. The van der Waals surface area contributed by atoms with Crippen molar-refractivity contribution < 1.29 is 4.79 Å². The Hall–Kier alpha value is -0.820. The predicted octanol–water partition coefficient (Wildman–Crippen LogP) is 3.15. The van der Waals surface area contributed by atoms with Crippen LogP contribution in [0.5, 0.6) is 0 Å². The van der Waals surface area contributed by atoms with Gasteiger partial charge in [0.05, 0.1) is 5.75 Å². The van der Waals surface area contributed by atoms with Gasteiger partial charge in [-0.2, -0.15) is 0 Å². The van der Waals surface area contributed by atoms with Crippen molar-refractivity contribution in [3.05, 3.63) is 0 Å². The van der Waals surface area contributed by atoms with E-state index in [4.69, 9.17) is 0 Å². The number of hydrogen-bond donors (Lipinski definition) is 2. The summed E-state index contributed by atoms with van der Waals surface area (Å²) in [6, 6.07) is 0.251. The van der Waals surface area contributed by atoms with Gasteiger partial charge in [0, 0.05) is 12.6 Å². The summed E-state index contributed by atoms with van der Waals surface area (Å²) in [5.74, 6) is 0.470. The van der Waals surface area contributed by atoms with Gasteiger partial charge in [0.1, 0.15) is 0 Å². The van der Waals surface area contributed by atoms with E-state index in [1.807, 2.05) is 6.92 Å². The van der Waals surface area contributed by atoms with E-state index in [1.54, 1.807) is 0 Å². The van der Waals surface area contributed by atoms with E-state index in [2.05, 4.69) is 34.7 Å². The monoisotopic (exact) mass is 316 g/mol. The number of nitrogens with zero attached hydrogens (tertiary/aromatic N) is 2. The highest BCUT2D eigenvalue weighted by Crippen LogP contribution is 2.25. The molecule has 0 saturated carbocycles. The van der Waals surface area contributed by atoms with Crippen LogP contribution in [-0.4, -0.2) is 34.4 Å². The number of anilines is 1. The number of amides is 1. The summed E-state index contributed by atoms with van der Waals surface area (Å²) in [7, 11) is 0. The van der Waals surface area contributed by atoms with Gasteiger partial charge in [-0.25, -0.2) is 0 Å². The van der Waals surface area contributed by atoms with Crippen LogP contribution in [0.1, 0.15) is 46.5 Å². The van der Waals surface area contributed by atoms with Crippen molar-refractivity contribution >= 4 is 34.1 Å². The molecule has 2 N–H and O–H groups in total. The van der Waals surface area contributed by atoms with Crippen molar-refractivity contribution in [2.24, 2.45) is 0 Å². The maximum Gasteiger partial charge on any atom is 0.230 e. The third-order valence-corrected chi connectivity index (χ3v) is 4.72. The molecule has 1 aromatic rings. The van der Waals surface area contributed by atoms with Crippen molar-refractivity contribution in [1.29, 1.82) is 0 Å². The molecule has 1 rings (SSSR count). The summed E-state index contributed by atoms with van der Waals surface area (Å²) in [6.07, 6.45) is 4.66. The van der Waals surface area contributed by atoms with Crippen LogP contribution in [-0.2, 0) is 4.79 Å². The average molecular weight is 316 g/mol. The second kappa shape index (κ2) is 9.99. The van der Waals surface area contributed by atoms with Gasteiger partial charge in [-0.05, 0) is 20.3 Å². The molecule has 20 heavy (non-hydrogen) atoms. The van der Waals surface area contributed by atoms with Gasteiger partial charge in [0.2, 0.25) is 11.0 Å². The standard InChI is InChI=1S/C13H24N4OS2/c1-4-6-7-8-10(3)15-11(18)9-19-13-17-16-12(20-13)14-5-2/h10H,4-9H2,1-3H3,(H,14,16)(H,15,18). The van der Waals surface area contributed by atoms with Crippen LogP contribution < -0.4 is 10.6 Å². The van der Waals surface area contributed by atoms with Crippen molar-refractivity contribution in [2.75, 3.05) is 17.6 Å². The Morgan fingerprint density at radius 3 is 2.85 bits per heavy atom. The lowest BCUT2D eigenvalue weighted by Gasteiger charge is -2.12. The fourth-order valence-corrected chi connectivity index (χ4v) is 3.34. The number of carbonyl (C=O) groups is 1. The molecule has 0 bridgehead atoms. The lowest BCUT2D eigenvalue weighted by atomic mass is 10.1. The number of aromatic nitrogens is 2. The Kier molecular flexibility index (Phi) is 8.60. The molecule has 1 atom stereocenters. The van der Waals surface area contributed by atoms with Crippen molar-refractivity contribution in [3.8, 4) is 0 Å². The summed E-state index contributed by atoms with van der Waals surface area (Å²) in [5, 5.41) is 15.0. The average Bonchev–Trinajstić information content (AvgIpc) is 2.85. The highest BCUT2D eigenvalue weighted by molar-refractivity contribution is 8.01. The van der Waals surface area contributed by atoms with Crippen LogP contribution in [0.25, 0.3) is 0 Å². The Morgan fingerprint density at radius 2 is 2.15 bits per heavy atom. The zero-order chi connectivity index (χ0) is 14.8. The molecule has 114 valence electrons. The first kappa shape index (κ1) is 17.2. The number of carbonyl (C=O) groups excluding carboxylic acids is 1. The number of nitrogens with one attached hydrogen (secondary N) is 2. The molecule has 1 heterocycles. The van der Waals surface area contributed by atoms with Crippen LogP contribution >= 0.6 is 23.1 Å². The normalized spacial score (nSPS) is 12.2. The van der Waals surface area contributed by atoms with E-state index in [9.17, 15) is 4.79 Å². The fourth-order valence-electron chi connectivity index (χ4n) is 1.71.